The third-order valence-corrected chi connectivity index (χ3v) is 1.32. The standard InChI is InChI=1S/C10H16O2/c1-4-6-7-9(3)8-12-10(11)5-2/h4,6-7H,5,8H2,1-3H3. The van der Waals surface area contributed by atoms with E-state index in [-0.39, 0.29) is 5.97 Å². The van der Waals surface area contributed by atoms with Crippen LogP contribution in [0, 0.1) is 0 Å². The van der Waals surface area contributed by atoms with Crippen molar-refractivity contribution in [3.05, 3.63) is 23.8 Å². The molecule has 0 aromatic carbocycles. The first-order valence-electron chi connectivity index (χ1n) is 4.14. The molecule has 0 aliphatic carbocycles. The maximum absolute atomic E-state index is 10.7. The van der Waals surface area contributed by atoms with Gasteiger partial charge in [-0.2, -0.15) is 0 Å². The largest absolute Gasteiger partial charge is 0.461 e. The molecule has 0 atom stereocenters. The fourth-order valence-corrected chi connectivity index (χ4v) is 0.605. The summed E-state index contributed by atoms with van der Waals surface area (Å²) in [6, 6.07) is 0. The van der Waals surface area contributed by atoms with Crippen LogP contribution in [0.25, 0.3) is 0 Å². The third-order valence-electron chi connectivity index (χ3n) is 1.32. The van der Waals surface area contributed by atoms with E-state index in [1.807, 2.05) is 32.1 Å². The van der Waals surface area contributed by atoms with Crippen molar-refractivity contribution in [3.63, 3.8) is 0 Å². The number of carbonyl (C=O) groups excluding carboxylic acids is 1. The Morgan fingerprint density at radius 1 is 1.50 bits per heavy atom. The van der Waals surface area contributed by atoms with Crippen molar-refractivity contribution >= 4 is 5.97 Å². The zero-order valence-electron chi connectivity index (χ0n) is 7.96. The topological polar surface area (TPSA) is 26.3 Å². The molecule has 0 bridgehead atoms. The van der Waals surface area contributed by atoms with Crippen LogP contribution in [0.2, 0.25) is 0 Å². The van der Waals surface area contributed by atoms with Crippen LogP contribution in [-0.4, -0.2) is 12.6 Å². The van der Waals surface area contributed by atoms with Crippen molar-refractivity contribution in [2.75, 3.05) is 6.61 Å². The van der Waals surface area contributed by atoms with E-state index in [2.05, 4.69) is 0 Å². The summed E-state index contributed by atoms with van der Waals surface area (Å²) in [5, 5.41) is 0. The van der Waals surface area contributed by atoms with Crippen LogP contribution in [0.5, 0.6) is 0 Å². The molecule has 0 spiro atoms. The summed E-state index contributed by atoms with van der Waals surface area (Å²) in [6.07, 6.45) is 6.24. The van der Waals surface area contributed by atoms with E-state index in [9.17, 15) is 4.79 Å². The van der Waals surface area contributed by atoms with E-state index >= 15 is 0 Å². The molecule has 0 aliphatic heterocycles. The summed E-state index contributed by atoms with van der Waals surface area (Å²) in [4.78, 5) is 10.7. The molecule has 0 aromatic rings. The molecule has 0 aliphatic rings. The van der Waals surface area contributed by atoms with Gasteiger partial charge in [0.2, 0.25) is 0 Å². The molecule has 0 amide bonds. The SMILES string of the molecule is CC=CC=C(C)COC(=O)CC. The molecule has 0 fully saturated rings. The minimum atomic E-state index is -0.150. The van der Waals surface area contributed by atoms with Gasteiger partial charge in [-0.3, -0.25) is 4.79 Å². The second-order valence-electron chi connectivity index (χ2n) is 2.55. The van der Waals surface area contributed by atoms with Gasteiger partial charge in [0, 0.05) is 6.42 Å². The molecule has 0 heterocycles. The van der Waals surface area contributed by atoms with Gasteiger partial charge in [0.05, 0.1) is 0 Å². The van der Waals surface area contributed by atoms with Crippen molar-refractivity contribution in [2.45, 2.75) is 27.2 Å². The van der Waals surface area contributed by atoms with Crippen molar-refractivity contribution in [1.82, 2.24) is 0 Å². The first-order valence-corrected chi connectivity index (χ1v) is 4.14. The van der Waals surface area contributed by atoms with Crippen LogP contribution in [-0.2, 0) is 9.53 Å². The Labute approximate surface area is 73.9 Å². The van der Waals surface area contributed by atoms with Gasteiger partial charge in [-0.25, -0.2) is 0 Å². The molecule has 0 saturated heterocycles. The molecule has 0 radical (unpaired) electrons. The lowest BCUT2D eigenvalue weighted by Gasteiger charge is -2.01. The van der Waals surface area contributed by atoms with Gasteiger partial charge in [0.1, 0.15) is 6.61 Å². The molecule has 0 N–H and O–H groups in total. The van der Waals surface area contributed by atoms with E-state index < -0.39 is 0 Å². The molecule has 0 saturated carbocycles. The number of ether oxygens (including phenoxy) is 1. The lowest BCUT2D eigenvalue weighted by molar-refractivity contribution is -0.142. The molecule has 0 aromatic heterocycles. The Kier molecular flexibility index (Phi) is 6.07. The number of allylic oxidation sites excluding steroid dienone is 3. The minimum Gasteiger partial charge on any atom is -0.461 e. The van der Waals surface area contributed by atoms with Crippen LogP contribution in [0.3, 0.4) is 0 Å². The first kappa shape index (κ1) is 11.0. The normalized spacial score (nSPS) is 12.1. The highest BCUT2D eigenvalue weighted by Gasteiger charge is 1.96. The molecule has 2 heteroatoms. The highest BCUT2D eigenvalue weighted by atomic mass is 16.5. The van der Waals surface area contributed by atoms with Crippen LogP contribution in [0.4, 0.5) is 0 Å². The van der Waals surface area contributed by atoms with Gasteiger partial charge in [0.25, 0.3) is 0 Å². The van der Waals surface area contributed by atoms with Gasteiger partial charge >= 0.3 is 5.97 Å². The second-order valence-corrected chi connectivity index (χ2v) is 2.55. The van der Waals surface area contributed by atoms with Crippen LogP contribution < -0.4 is 0 Å². The molecular weight excluding hydrogens is 152 g/mol. The van der Waals surface area contributed by atoms with E-state index in [1.165, 1.54) is 0 Å². The Balaban J connectivity index is 3.70. The zero-order valence-corrected chi connectivity index (χ0v) is 7.96. The van der Waals surface area contributed by atoms with Crippen LogP contribution in [0.15, 0.2) is 23.8 Å². The predicted octanol–water partition coefficient (Wildman–Crippen LogP) is 2.46. The fourth-order valence-electron chi connectivity index (χ4n) is 0.605. The van der Waals surface area contributed by atoms with Gasteiger partial charge in [-0.15, -0.1) is 0 Å². The number of hydrogen-bond acceptors (Lipinski definition) is 2. The Morgan fingerprint density at radius 3 is 2.67 bits per heavy atom. The first-order chi connectivity index (χ1) is 5.70. The summed E-state index contributed by atoms with van der Waals surface area (Å²) in [6.45, 7) is 6.06. The average Bonchev–Trinajstić information content (AvgIpc) is 2.10. The second kappa shape index (κ2) is 6.65. The summed E-state index contributed by atoms with van der Waals surface area (Å²) >= 11 is 0. The van der Waals surface area contributed by atoms with Gasteiger partial charge in [-0.05, 0) is 19.4 Å². The number of hydrogen-bond donors (Lipinski definition) is 0. The summed E-state index contributed by atoms with van der Waals surface area (Å²) < 4.78 is 4.91. The Bertz CT molecular complexity index is 190. The molecule has 68 valence electrons. The fraction of sp³-hybridized carbons (Fsp3) is 0.500. The third kappa shape index (κ3) is 5.71. The van der Waals surface area contributed by atoms with Crippen molar-refractivity contribution in [2.24, 2.45) is 0 Å². The van der Waals surface area contributed by atoms with Crippen molar-refractivity contribution < 1.29 is 9.53 Å². The maximum atomic E-state index is 10.7. The van der Waals surface area contributed by atoms with E-state index in [0.29, 0.717) is 13.0 Å². The molecular formula is C10H16O2. The predicted molar refractivity (Wildman–Crippen MR) is 49.8 cm³/mol. The summed E-state index contributed by atoms with van der Waals surface area (Å²) in [5.74, 6) is -0.150. The van der Waals surface area contributed by atoms with Gasteiger partial charge in [0.15, 0.2) is 0 Å². The monoisotopic (exact) mass is 168 g/mol. The summed E-state index contributed by atoms with van der Waals surface area (Å²) in [7, 11) is 0. The molecule has 12 heavy (non-hydrogen) atoms. The smallest absolute Gasteiger partial charge is 0.305 e. The summed E-state index contributed by atoms with van der Waals surface area (Å²) in [5.41, 5.74) is 1.05. The number of carbonyl (C=O) groups is 1. The Hall–Kier alpha value is -1.05. The van der Waals surface area contributed by atoms with E-state index in [4.69, 9.17) is 4.74 Å². The lowest BCUT2D eigenvalue weighted by Crippen LogP contribution is -2.04. The zero-order chi connectivity index (χ0) is 9.40. The molecule has 0 unspecified atom stereocenters. The van der Waals surface area contributed by atoms with E-state index in [0.717, 1.165) is 5.57 Å². The van der Waals surface area contributed by atoms with Crippen molar-refractivity contribution in [3.8, 4) is 0 Å². The molecule has 0 rings (SSSR count). The maximum Gasteiger partial charge on any atom is 0.305 e. The van der Waals surface area contributed by atoms with E-state index in [1.54, 1.807) is 6.92 Å². The highest BCUT2D eigenvalue weighted by Crippen LogP contribution is 1.95. The number of esters is 1. The van der Waals surface area contributed by atoms with Gasteiger partial charge in [-0.1, -0.05) is 25.2 Å². The average molecular weight is 168 g/mol. The highest BCUT2D eigenvalue weighted by molar-refractivity contribution is 5.69. The molecule has 2 nitrogen and oxygen atoms in total. The number of rotatable bonds is 4. The van der Waals surface area contributed by atoms with Crippen molar-refractivity contribution in [1.29, 1.82) is 0 Å². The minimum absolute atomic E-state index is 0.150. The van der Waals surface area contributed by atoms with Crippen LogP contribution in [0.1, 0.15) is 27.2 Å². The Morgan fingerprint density at radius 2 is 2.17 bits per heavy atom. The lowest BCUT2D eigenvalue weighted by atomic mass is 10.3. The quantitative estimate of drug-likeness (QED) is 0.476. The van der Waals surface area contributed by atoms with Gasteiger partial charge < -0.3 is 4.74 Å². The van der Waals surface area contributed by atoms with Crippen LogP contribution >= 0.6 is 0 Å².